The Hall–Kier alpha value is -1.59. The molecule has 2 aromatic rings. The molecule has 106 valence electrons. The highest BCUT2D eigenvalue weighted by atomic mass is 32.2. The lowest BCUT2D eigenvalue weighted by atomic mass is 10.1. The minimum absolute atomic E-state index is 0.315. The summed E-state index contributed by atoms with van der Waals surface area (Å²) in [4.78, 5) is 0.379. The SMILES string of the molecule is CN(Cc1ccoc1)S(=O)(=O)c1ccc2c(c1)CCC2. The first-order valence-corrected chi connectivity index (χ1v) is 8.10. The number of hydrogen-bond donors (Lipinski definition) is 0. The van der Waals surface area contributed by atoms with Crippen molar-refractivity contribution in [2.75, 3.05) is 7.05 Å². The number of furan rings is 1. The molecule has 0 unspecified atom stereocenters. The fourth-order valence-corrected chi connectivity index (χ4v) is 3.82. The van der Waals surface area contributed by atoms with Crippen LogP contribution in [0.15, 0.2) is 46.1 Å². The van der Waals surface area contributed by atoms with Gasteiger partial charge in [-0.25, -0.2) is 8.42 Å². The second kappa shape index (κ2) is 5.07. The van der Waals surface area contributed by atoms with Gasteiger partial charge in [-0.05, 0) is 48.6 Å². The fraction of sp³-hybridized carbons (Fsp3) is 0.333. The Morgan fingerprint density at radius 3 is 2.75 bits per heavy atom. The topological polar surface area (TPSA) is 50.5 Å². The Morgan fingerprint density at radius 2 is 2.00 bits per heavy atom. The number of nitrogens with zero attached hydrogens (tertiary/aromatic N) is 1. The predicted octanol–water partition coefficient (Wildman–Crippen LogP) is 2.59. The van der Waals surface area contributed by atoms with E-state index in [9.17, 15) is 8.42 Å². The standard InChI is InChI=1S/C15H17NO3S/c1-16(10-12-7-8-19-11-12)20(17,18)15-6-5-13-3-2-4-14(13)9-15/h5-9,11H,2-4,10H2,1H3. The molecule has 1 aliphatic carbocycles. The van der Waals surface area contributed by atoms with Crippen molar-refractivity contribution in [3.63, 3.8) is 0 Å². The van der Waals surface area contributed by atoms with Crippen LogP contribution in [-0.2, 0) is 29.4 Å². The summed E-state index contributed by atoms with van der Waals surface area (Å²) in [5.74, 6) is 0. The van der Waals surface area contributed by atoms with E-state index in [1.165, 1.54) is 15.4 Å². The lowest BCUT2D eigenvalue weighted by molar-refractivity contribution is 0.463. The Balaban J connectivity index is 1.87. The zero-order valence-electron chi connectivity index (χ0n) is 11.4. The highest BCUT2D eigenvalue weighted by Crippen LogP contribution is 2.26. The molecular formula is C15H17NO3S. The molecule has 0 radical (unpaired) electrons. The van der Waals surface area contributed by atoms with Crippen LogP contribution in [0.5, 0.6) is 0 Å². The van der Waals surface area contributed by atoms with Gasteiger partial charge in [0.25, 0.3) is 0 Å². The Labute approximate surface area is 119 Å². The van der Waals surface area contributed by atoms with E-state index in [-0.39, 0.29) is 0 Å². The van der Waals surface area contributed by atoms with Crippen molar-refractivity contribution in [2.45, 2.75) is 30.7 Å². The normalized spacial score (nSPS) is 14.7. The molecule has 0 saturated carbocycles. The number of hydrogen-bond acceptors (Lipinski definition) is 3. The molecule has 1 heterocycles. The van der Waals surface area contributed by atoms with Crippen LogP contribution in [-0.4, -0.2) is 19.8 Å². The summed E-state index contributed by atoms with van der Waals surface area (Å²) in [6, 6.07) is 7.25. The van der Waals surface area contributed by atoms with Crippen LogP contribution in [0.1, 0.15) is 23.1 Å². The number of aryl methyl sites for hydroxylation is 2. The fourth-order valence-electron chi connectivity index (χ4n) is 2.61. The average Bonchev–Trinajstić information content (AvgIpc) is 3.07. The summed E-state index contributed by atoms with van der Waals surface area (Å²) in [7, 11) is -1.85. The smallest absolute Gasteiger partial charge is 0.243 e. The summed E-state index contributed by atoms with van der Waals surface area (Å²) in [6.45, 7) is 0.315. The molecule has 0 bridgehead atoms. The molecule has 1 aromatic heterocycles. The van der Waals surface area contributed by atoms with Crippen LogP contribution >= 0.6 is 0 Å². The number of benzene rings is 1. The minimum atomic E-state index is -3.44. The highest BCUT2D eigenvalue weighted by Gasteiger charge is 2.23. The van der Waals surface area contributed by atoms with Crippen LogP contribution in [0.25, 0.3) is 0 Å². The third-order valence-electron chi connectivity index (χ3n) is 3.76. The third-order valence-corrected chi connectivity index (χ3v) is 5.56. The van der Waals surface area contributed by atoms with Crippen molar-refractivity contribution in [2.24, 2.45) is 0 Å². The molecule has 3 rings (SSSR count). The van der Waals surface area contributed by atoms with E-state index >= 15 is 0 Å². The summed E-state index contributed by atoms with van der Waals surface area (Å²) < 4.78 is 31.4. The van der Waals surface area contributed by atoms with Gasteiger partial charge in [0.2, 0.25) is 10.0 Å². The van der Waals surface area contributed by atoms with E-state index < -0.39 is 10.0 Å². The van der Waals surface area contributed by atoms with Crippen molar-refractivity contribution in [1.29, 1.82) is 0 Å². The van der Waals surface area contributed by atoms with E-state index in [1.807, 2.05) is 12.1 Å². The molecule has 1 aromatic carbocycles. The minimum Gasteiger partial charge on any atom is -0.472 e. The molecule has 0 aliphatic heterocycles. The largest absolute Gasteiger partial charge is 0.472 e. The van der Waals surface area contributed by atoms with Gasteiger partial charge >= 0.3 is 0 Å². The molecule has 0 fully saturated rings. The van der Waals surface area contributed by atoms with Crippen LogP contribution in [0.2, 0.25) is 0 Å². The monoisotopic (exact) mass is 291 g/mol. The predicted molar refractivity (Wildman–Crippen MR) is 75.8 cm³/mol. The first-order chi connectivity index (χ1) is 9.57. The third kappa shape index (κ3) is 2.39. The molecule has 0 spiro atoms. The van der Waals surface area contributed by atoms with Crippen LogP contribution in [0.3, 0.4) is 0 Å². The molecule has 20 heavy (non-hydrogen) atoms. The molecule has 0 atom stereocenters. The van der Waals surface area contributed by atoms with E-state index in [1.54, 1.807) is 31.7 Å². The van der Waals surface area contributed by atoms with Crippen molar-refractivity contribution in [3.8, 4) is 0 Å². The second-order valence-electron chi connectivity index (χ2n) is 5.18. The Kier molecular flexibility index (Phi) is 3.40. The number of rotatable bonds is 4. The van der Waals surface area contributed by atoms with Gasteiger partial charge in [-0.1, -0.05) is 6.07 Å². The summed E-state index contributed by atoms with van der Waals surface area (Å²) >= 11 is 0. The van der Waals surface area contributed by atoms with Gasteiger partial charge in [0.15, 0.2) is 0 Å². The van der Waals surface area contributed by atoms with Gasteiger partial charge in [-0.15, -0.1) is 0 Å². The summed E-state index contributed by atoms with van der Waals surface area (Å²) in [5, 5.41) is 0. The van der Waals surface area contributed by atoms with Crippen LogP contribution < -0.4 is 0 Å². The van der Waals surface area contributed by atoms with Crippen molar-refractivity contribution in [1.82, 2.24) is 4.31 Å². The van der Waals surface area contributed by atoms with Gasteiger partial charge in [0, 0.05) is 19.2 Å². The summed E-state index contributed by atoms with van der Waals surface area (Å²) in [6.07, 6.45) is 6.26. The second-order valence-corrected chi connectivity index (χ2v) is 7.22. The maximum absolute atomic E-state index is 12.6. The first kappa shape index (κ1) is 13.4. The van der Waals surface area contributed by atoms with Crippen LogP contribution in [0, 0.1) is 0 Å². The van der Waals surface area contributed by atoms with E-state index in [0.717, 1.165) is 24.8 Å². The maximum Gasteiger partial charge on any atom is 0.243 e. The van der Waals surface area contributed by atoms with Gasteiger partial charge in [0.05, 0.1) is 17.4 Å². The van der Waals surface area contributed by atoms with Gasteiger partial charge in [-0.2, -0.15) is 4.31 Å². The molecular weight excluding hydrogens is 274 g/mol. The number of sulfonamides is 1. The zero-order valence-corrected chi connectivity index (χ0v) is 12.2. The lowest BCUT2D eigenvalue weighted by Crippen LogP contribution is -2.26. The van der Waals surface area contributed by atoms with Crippen LogP contribution in [0.4, 0.5) is 0 Å². The maximum atomic E-state index is 12.6. The Bertz CT molecular complexity index is 705. The van der Waals surface area contributed by atoms with Gasteiger partial charge in [-0.3, -0.25) is 0 Å². The first-order valence-electron chi connectivity index (χ1n) is 6.66. The molecule has 0 saturated heterocycles. The van der Waals surface area contributed by atoms with E-state index in [0.29, 0.717) is 11.4 Å². The molecule has 0 N–H and O–H groups in total. The molecule has 1 aliphatic rings. The van der Waals surface area contributed by atoms with Gasteiger partial charge < -0.3 is 4.42 Å². The highest BCUT2D eigenvalue weighted by molar-refractivity contribution is 7.89. The zero-order chi connectivity index (χ0) is 14.2. The van der Waals surface area contributed by atoms with Crippen molar-refractivity contribution >= 4 is 10.0 Å². The lowest BCUT2D eigenvalue weighted by Gasteiger charge is -2.17. The van der Waals surface area contributed by atoms with E-state index in [4.69, 9.17) is 4.42 Å². The average molecular weight is 291 g/mol. The van der Waals surface area contributed by atoms with Gasteiger partial charge in [0.1, 0.15) is 0 Å². The van der Waals surface area contributed by atoms with E-state index in [2.05, 4.69) is 0 Å². The summed E-state index contributed by atoms with van der Waals surface area (Å²) in [5.41, 5.74) is 3.29. The molecule has 5 heteroatoms. The number of fused-ring (bicyclic) bond motifs is 1. The van der Waals surface area contributed by atoms with Crippen molar-refractivity contribution < 1.29 is 12.8 Å². The molecule has 0 amide bonds. The molecule has 4 nitrogen and oxygen atoms in total. The Morgan fingerprint density at radius 1 is 1.20 bits per heavy atom. The quantitative estimate of drug-likeness (QED) is 0.870. The van der Waals surface area contributed by atoms with Crippen molar-refractivity contribution in [3.05, 3.63) is 53.5 Å².